The minimum Gasteiger partial charge on any atom is -0.484 e. The number of nitrogens with one attached hydrogen (secondary N) is 1. The van der Waals surface area contributed by atoms with Crippen molar-refractivity contribution in [2.75, 3.05) is 11.9 Å². The molecule has 3 N–H and O–H groups in total. The molecule has 0 aliphatic rings. The van der Waals surface area contributed by atoms with Crippen molar-refractivity contribution >= 4 is 21.6 Å². The van der Waals surface area contributed by atoms with Gasteiger partial charge in [0.2, 0.25) is 10.0 Å². The summed E-state index contributed by atoms with van der Waals surface area (Å²) in [6.07, 6.45) is -4.52. The molecule has 10 heteroatoms. The molecule has 0 aliphatic heterocycles. The first-order valence-corrected chi connectivity index (χ1v) is 8.33. The standard InChI is InChI=1S/C15H13F3N2O4S/c16-15(17,18)10-3-1-5-12(7-10)24-9-14(21)20-11-4-2-6-13(8-11)25(19,22)23/h1-8H,9H2,(H,20,21)(H2,19,22,23). The summed E-state index contributed by atoms with van der Waals surface area (Å²) in [7, 11) is -3.92. The zero-order chi connectivity index (χ0) is 18.7. The largest absolute Gasteiger partial charge is 0.484 e. The summed E-state index contributed by atoms with van der Waals surface area (Å²) in [4.78, 5) is 11.6. The molecule has 0 aromatic heterocycles. The number of amides is 1. The molecule has 0 heterocycles. The minimum absolute atomic E-state index is 0.122. The lowest BCUT2D eigenvalue weighted by Gasteiger charge is -2.10. The van der Waals surface area contributed by atoms with E-state index < -0.39 is 34.3 Å². The predicted molar refractivity (Wildman–Crippen MR) is 83.4 cm³/mol. The summed E-state index contributed by atoms with van der Waals surface area (Å²) in [5.74, 6) is -0.799. The molecule has 2 aromatic rings. The predicted octanol–water partition coefficient (Wildman–Crippen LogP) is 2.37. The van der Waals surface area contributed by atoms with Crippen molar-refractivity contribution < 1.29 is 31.1 Å². The number of rotatable bonds is 5. The van der Waals surface area contributed by atoms with Gasteiger partial charge in [0, 0.05) is 5.69 Å². The maximum atomic E-state index is 12.6. The molecular weight excluding hydrogens is 361 g/mol. The van der Waals surface area contributed by atoms with Gasteiger partial charge in [-0.25, -0.2) is 13.6 Å². The van der Waals surface area contributed by atoms with Gasteiger partial charge in [-0.3, -0.25) is 4.79 Å². The second kappa shape index (κ2) is 7.11. The van der Waals surface area contributed by atoms with Gasteiger partial charge in [0.05, 0.1) is 10.5 Å². The molecule has 0 atom stereocenters. The molecule has 0 radical (unpaired) electrons. The molecule has 0 saturated carbocycles. The topological polar surface area (TPSA) is 98.5 Å². The Morgan fingerprint density at radius 3 is 2.44 bits per heavy atom. The first-order valence-electron chi connectivity index (χ1n) is 6.78. The highest BCUT2D eigenvalue weighted by atomic mass is 32.2. The fraction of sp³-hybridized carbons (Fsp3) is 0.133. The van der Waals surface area contributed by atoms with Gasteiger partial charge < -0.3 is 10.1 Å². The lowest BCUT2D eigenvalue weighted by molar-refractivity contribution is -0.137. The van der Waals surface area contributed by atoms with E-state index in [-0.39, 0.29) is 16.3 Å². The fourth-order valence-electron chi connectivity index (χ4n) is 1.86. The van der Waals surface area contributed by atoms with E-state index in [0.717, 1.165) is 24.3 Å². The van der Waals surface area contributed by atoms with Crippen LogP contribution in [0.25, 0.3) is 0 Å². The molecule has 25 heavy (non-hydrogen) atoms. The third-order valence-electron chi connectivity index (χ3n) is 2.98. The van der Waals surface area contributed by atoms with Crippen LogP contribution in [0.15, 0.2) is 53.4 Å². The van der Waals surface area contributed by atoms with E-state index in [1.807, 2.05) is 0 Å². The quantitative estimate of drug-likeness (QED) is 0.839. The molecule has 1 amide bonds. The van der Waals surface area contributed by atoms with Crippen LogP contribution in [-0.4, -0.2) is 20.9 Å². The van der Waals surface area contributed by atoms with Gasteiger partial charge in [-0.1, -0.05) is 12.1 Å². The normalized spacial score (nSPS) is 11.8. The Morgan fingerprint density at radius 1 is 1.12 bits per heavy atom. The summed E-state index contributed by atoms with van der Waals surface area (Å²) in [5, 5.41) is 7.35. The number of carbonyl (C=O) groups excluding carboxylic acids is 1. The van der Waals surface area contributed by atoms with Crippen LogP contribution in [0, 0.1) is 0 Å². The molecular formula is C15H13F3N2O4S. The summed E-state index contributed by atoms with van der Waals surface area (Å²) in [5.41, 5.74) is -0.740. The van der Waals surface area contributed by atoms with E-state index in [4.69, 9.17) is 9.88 Å². The number of primary sulfonamides is 1. The van der Waals surface area contributed by atoms with Crippen LogP contribution in [0.5, 0.6) is 5.75 Å². The number of nitrogens with two attached hydrogens (primary N) is 1. The summed E-state index contributed by atoms with van der Waals surface area (Å²) in [6, 6.07) is 9.30. The van der Waals surface area contributed by atoms with Gasteiger partial charge in [0.15, 0.2) is 6.61 Å². The molecule has 0 spiro atoms. The molecule has 0 bridgehead atoms. The highest BCUT2D eigenvalue weighted by molar-refractivity contribution is 7.89. The van der Waals surface area contributed by atoms with Crippen molar-refractivity contribution in [3.05, 3.63) is 54.1 Å². The average Bonchev–Trinajstić information content (AvgIpc) is 2.52. The fourth-order valence-corrected chi connectivity index (χ4v) is 2.42. The lowest BCUT2D eigenvalue weighted by atomic mass is 10.2. The first-order chi connectivity index (χ1) is 11.6. The molecule has 2 rings (SSSR count). The van der Waals surface area contributed by atoms with E-state index >= 15 is 0 Å². The zero-order valence-electron chi connectivity index (χ0n) is 12.6. The number of carbonyl (C=O) groups is 1. The number of halogens is 3. The Labute approximate surface area is 141 Å². The smallest absolute Gasteiger partial charge is 0.416 e. The number of benzene rings is 2. The first kappa shape index (κ1) is 18.7. The Balaban J connectivity index is 2.00. The number of anilines is 1. The molecule has 6 nitrogen and oxygen atoms in total. The molecule has 0 aliphatic carbocycles. The van der Waals surface area contributed by atoms with Crippen LogP contribution >= 0.6 is 0 Å². The molecule has 0 unspecified atom stereocenters. The van der Waals surface area contributed by atoms with Crippen LogP contribution in [-0.2, 0) is 21.0 Å². The SMILES string of the molecule is NS(=O)(=O)c1cccc(NC(=O)COc2cccc(C(F)(F)F)c2)c1. The lowest BCUT2D eigenvalue weighted by Crippen LogP contribution is -2.20. The van der Waals surface area contributed by atoms with E-state index in [9.17, 15) is 26.4 Å². The van der Waals surface area contributed by atoms with E-state index in [1.54, 1.807) is 0 Å². The van der Waals surface area contributed by atoms with Crippen molar-refractivity contribution in [3.63, 3.8) is 0 Å². The van der Waals surface area contributed by atoms with Crippen LogP contribution in [0.4, 0.5) is 18.9 Å². The molecule has 134 valence electrons. The van der Waals surface area contributed by atoms with E-state index in [2.05, 4.69) is 5.32 Å². The van der Waals surface area contributed by atoms with Gasteiger partial charge in [-0.05, 0) is 36.4 Å². The highest BCUT2D eigenvalue weighted by Crippen LogP contribution is 2.31. The second-order valence-electron chi connectivity index (χ2n) is 4.94. The zero-order valence-corrected chi connectivity index (χ0v) is 13.4. The summed E-state index contributed by atoms with van der Waals surface area (Å²) < 4.78 is 65.3. The Bertz CT molecular complexity index is 882. The van der Waals surface area contributed by atoms with Crippen LogP contribution in [0.1, 0.15) is 5.56 Å². The number of alkyl halides is 3. The van der Waals surface area contributed by atoms with Crippen LogP contribution in [0.3, 0.4) is 0 Å². The van der Waals surface area contributed by atoms with Crippen LogP contribution in [0.2, 0.25) is 0 Å². The summed E-state index contributed by atoms with van der Waals surface area (Å²) >= 11 is 0. The van der Waals surface area contributed by atoms with Gasteiger partial charge in [0.1, 0.15) is 5.75 Å². The van der Waals surface area contributed by atoms with Gasteiger partial charge >= 0.3 is 6.18 Å². The van der Waals surface area contributed by atoms with Gasteiger partial charge in [-0.2, -0.15) is 13.2 Å². The highest BCUT2D eigenvalue weighted by Gasteiger charge is 2.30. The third-order valence-corrected chi connectivity index (χ3v) is 3.89. The maximum absolute atomic E-state index is 12.6. The van der Waals surface area contributed by atoms with Crippen molar-refractivity contribution in [1.82, 2.24) is 0 Å². The van der Waals surface area contributed by atoms with Crippen molar-refractivity contribution in [3.8, 4) is 5.75 Å². The van der Waals surface area contributed by atoms with Crippen LogP contribution < -0.4 is 15.2 Å². The van der Waals surface area contributed by atoms with Crippen molar-refractivity contribution in [1.29, 1.82) is 0 Å². The average molecular weight is 374 g/mol. The van der Waals surface area contributed by atoms with Gasteiger partial charge in [-0.15, -0.1) is 0 Å². The molecule has 0 saturated heterocycles. The third kappa shape index (κ3) is 5.47. The molecule has 0 fully saturated rings. The Hall–Kier alpha value is -2.59. The van der Waals surface area contributed by atoms with Crippen molar-refractivity contribution in [2.24, 2.45) is 5.14 Å². The number of hydrogen-bond acceptors (Lipinski definition) is 4. The van der Waals surface area contributed by atoms with Crippen molar-refractivity contribution in [2.45, 2.75) is 11.1 Å². The Kier molecular flexibility index (Phi) is 5.33. The number of hydrogen-bond donors (Lipinski definition) is 2. The number of ether oxygens (including phenoxy) is 1. The molecule has 2 aromatic carbocycles. The monoisotopic (exact) mass is 374 g/mol. The maximum Gasteiger partial charge on any atom is 0.416 e. The van der Waals surface area contributed by atoms with E-state index in [1.165, 1.54) is 24.3 Å². The van der Waals surface area contributed by atoms with Gasteiger partial charge in [0.25, 0.3) is 5.91 Å². The second-order valence-corrected chi connectivity index (χ2v) is 6.50. The van der Waals surface area contributed by atoms with E-state index in [0.29, 0.717) is 0 Å². The number of sulfonamides is 1. The Morgan fingerprint density at radius 2 is 1.80 bits per heavy atom. The summed E-state index contributed by atoms with van der Waals surface area (Å²) in [6.45, 7) is -0.555. The minimum atomic E-state index is -4.52.